The number of morpholine rings is 1. The highest BCUT2D eigenvalue weighted by molar-refractivity contribution is 7.89. The number of benzene rings is 2. The lowest BCUT2D eigenvalue weighted by molar-refractivity contribution is 0.0128. The van der Waals surface area contributed by atoms with Crippen molar-refractivity contribution >= 4 is 20.8 Å². The molecule has 1 atom stereocenters. The summed E-state index contributed by atoms with van der Waals surface area (Å²) in [6.45, 7) is 2.97. The second-order valence-electron chi connectivity index (χ2n) is 6.51. The first-order valence-corrected chi connectivity index (χ1v) is 10.5. The number of furan rings is 1. The Kier molecular flexibility index (Phi) is 5.27. The minimum atomic E-state index is -3.66. The molecule has 2 heterocycles. The minimum absolute atomic E-state index is 0.173. The Morgan fingerprint density at radius 1 is 1.00 bits per heavy atom. The molecule has 1 N–H and O–H groups in total. The van der Waals surface area contributed by atoms with Gasteiger partial charge in [0, 0.05) is 25.0 Å². The van der Waals surface area contributed by atoms with E-state index in [1.165, 1.54) is 0 Å². The standard InChI is InChI=1S/C20H22N2O4S/c23-27(24,20-9-3-6-16-5-1-2-7-17(16)20)21-15-18(19-8-4-12-26-19)22-10-13-25-14-11-22/h1-9,12,18,21H,10-11,13-15H2. The Balaban J connectivity index is 1.59. The van der Waals surface area contributed by atoms with Crippen LogP contribution in [-0.4, -0.2) is 46.2 Å². The summed E-state index contributed by atoms with van der Waals surface area (Å²) in [5, 5.41) is 1.62. The SMILES string of the molecule is O=S(=O)(NCC(c1ccco1)N1CCOCC1)c1cccc2ccccc12. The van der Waals surface area contributed by atoms with Crippen molar-refractivity contribution in [2.45, 2.75) is 10.9 Å². The van der Waals surface area contributed by atoms with E-state index < -0.39 is 10.0 Å². The summed E-state index contributed by atoms with van der Waals surface area (Å²) in [5.74, 6) is 0.748. The van der Waals surface area contributed by atoms with Gasteiger partial charge in [0.15, 0.2) is 0 Å². The molecule has 27 heavy (non-hydrogen) atoms. The zero-order valence-electron chi connectivity index (χ0n) is 14.9. The smallest absolute Gasteiger partial charge is 0.241 e. The number of rotatable bonds is 6. The molecule has 0 spiro atoms. The number of hydrogen-bond acceptors (Lipinski definition) is 5. The van der Waals surface area contributed by atoms with Gasteiger partial charge in [-0.1, -0.05) is 36.4 Å². The van der Waals surface area contributed by atoms with Crippen LogP contribution in [-0.2, 0) is 14.8 Å². The summed E-state index contributed by atoms with van der Waals surface area (Å²) >= 11 is 0. The first-order valence-electron chi connectivity index (χ1n) is 8.98. The highest BCUT2D eigenvalue weighted by Crippen LogP contribution is 2.25. The van der Waals surface area contributed by atoms with Crippen LogP contribution >= 0.6 is 0 Å². The predicted molar refractivity (Wildman–Crippen MR) is 103 cm³/mol. The van der Waals surface area contributed by atoms with Crippen LogP contribution in [0.1, 0.15) is 11.8 Å². The van der Waals surface area contributed by atoms with Gasteiger partial charge in [-0.15, -0.1) is 0 Å². The summed E-state index contributed by atoms with van der Waals surface area (Å²) in [6, 6.07) is 16.3. The minimum Gasteiger partial charge on any atom is -0.468 e. The summed E-state index contributed by atoms with van der Waals surface area (Å²) in [4.78, 5) is 2.48. The van der Waals surface area contributed by atoms with Gasteiger partial charge in [0.2, 0.25) is 10.0 Å². The predicted octanol–water partition coefficient (Wildman–Crippen LogP) is 2.78. The highest BCUT2D eigenvalue weighted by atomic mass is 32.2. The van der Waals surface area contributed by atoms with Gasteiger partial charge < -0.3 is 9.15 Å². The molecule has 3 aromatic rings. The second kappa shape index (κ2) is 7.82. The fraction of sp³-hybridized carbons (Fsp3) is 0.300. The van der Waals surface area contributed by atoms with Crippen molar-refractivity contribution in [2.24, 2.45) is 0 Å². The molecule has 2 aromatic carbocycles. The maximum atomic E-state index is 13.0. The van der Waals surface area contributed by atoms with Crippen molar-refractivity contribution in [1.82, 2.24) is 9.62 Å². The van der Waals surface area contributed by atoms with Gasteiger partial charge in [-0.3, -0.25) is 4.90 Å². The third-order valence-corrected chi connectivity index (χ3v) is 6.35. The maximum absolute atomic E-state index is 13.0. The molecule has 1 aliphatic rings. The maximum Gasteiger partial charge on any atom is 0.241 e. The Morgan fingerprint density at radius 2 is 1.78 bits per heavy atom. The first kappa shape index (κ1) is 18.2. The molecule has 0 bridgehead atoms. The van der Waals surface area contributed by atoms with Crippen LogP contribution in [0.2, 0.25) is 0 Å². The Morgan fingerprint density at radius 3 is 2.56 bits per heavy atom. The van der Waals surface area contributed by atoms with Crippen LogP contribution in [0.5, 0.6) is 0 Å². The average molecular weight is 386 g/mol. The van der Waals surface area contributed by atoms with Gasteiger partial charge in [0.25, 0.3) is 0 Å². The zero-order valence-corrected chi connectivity index (χ0v) is 15.7. The van der Waals surface area contributed by atoms with Crippen molar-refractivity contribution < 1.29 is 17.6 Å². The normalized spacial score (nSPS) is 17.2. The molecule has 4 rings (SSSR count). The van der Waals surface area contributed by atoms with Gasteiger partial charge in [-0.05, 0) is 23.6 Å². The average Bonchev–Trinajstić information content (AvgIpc) is 3.23. The van der Waals surface area contributed by atoms with Gasteiger partial charge >= 0.3 is 0 Å². The van der Waals surface area contributed by atoms with E-state index in [2.05, 4.69) is 9.62 Å². The van der Waals surface area contributed by atoms with Gasteiger partial charge in [-0.25, -0.2) is 13.1 Å². The fourth-order valence-electron chi connectivity index (χ4n) is 3.48. The Labute approximate surface area is 158 Å². The monoisotopic (exact) mass is 386 g/mol. The molecule has 1 unspecified atom stereocenters. The van der Waals surface area contributed by atoms with Crippen molar-refractivity contribution in [1.29, 1.82) is 0 Å². The lowest BCUT2D eigenvalue weighted by Gasteiger charge is -2.33. The van der Waals surface area contributed by atoms with Crippen LogP contribution in [0.25, 0.3) is 10.8 Å². The Bertz CT molecular complexity index is 991. The summed E-state index contributed by atoms with van der Waals surface area (Å²) < 4.78 is 39.8. The number of sulfonamides is 1. The number of nitrogens with zero attached hydrogens (tertiary/aromatic N) is 1. The molecule has 1 saturated heterocycles. The van der Waals surface area contributed by atoms with E-state index in [1.54, 1.807) is 18.4 Å². The van der Waals surface area contributed by atoms with E-state index in [-0.39, 0.29) is 12.6 Å². The fourth-order valence-corrected chi connectivity index (χ4v) is 4.74. The molecule has 0 amide bonds. The third kappa shape index (κ3) is 3.91. The van der Waals surface area contributed by atoms with Crippen molar-refractivity contribution in [3.8, 4) is 0 Å². The Hall–Kier alpha value is -2.19. The molecule has 142 valence electrons. The summed E-state index contributed by atoms with van der Waals surface area (Å²) in [5.41, 5.74) is 0. The molecule has 1 aromatic heterocycles. The van der Waals surface area contributed by atoms with Crippen molar-refractivity contribution in [3.05, 3.63) is 66.6 Å². The van der Waals surface area contributed by atoms with E-state index in [1.807, 2.05) is 42.5 Å². The number of fused-ring (bicyclic) bond motifs is 1. The lowest BCUT2D eigenvalue weighted by Crippen LogP contribution is -2.43. The zero-order chi connectivity index (χ0) is 18.7. The summed E-state index contributed by atoms with van der Waals surface area (Å²) in [7, 11) is -3.66. The van der Waals surface area contributed by atoms with Crippen LogP contribution < -0.4 is 4.72 Å². The van der Waals surface area contributed by atoms with Crippen LogP contribution in [0, 0.1) is 0 Å². The molecule has 6 nitrogen and oxygen atoms in total. The molecular weight excluding hydrogens is 364 g/mol. The number of nitrogens with one attached hydrogen (secondary N) is 1. The van der Waals surface area contributed by atoms with E-state index >= 15 is 0 Å². The second-order valence-corrected chi connectivity index (χ2v) is 8.24. The molecule has 1 aliphatic heterocycles. The number of ether oxygens (including phenoxy) is 1. The van der Waals surface area contributed by atoms with Crippen LogP contribution in [0.3, 0.4) is 0 Å². The summed E-state index contributed by atoms with van der Waals surface area (Å²) in [6.07, 6.45) is 1.61. The lowest BCUT2D eigenvalue weighted by atomic mass is 10.1. The third-order valence-electron chi connectivity index (χ3n) is 4.86. The van der Waals surface area contributed by atoms with Crippen LogP contribution in [0.15, 0.2) is 70.2 Å². The first-order chi connectivity index (χ1) is 13.1. The van der Waals surface area contributed by atoms with E-state index in [4.69, 9.17) is 9.15 Å². The highest BCUT2D eigenvalue weighted by Gasteiger charge is 2.27. The molecule has 7 heteroatoms. The largest absolute Gasteiger partial charge is 0.468 e. The van der Waals surface area contributed by atoms with Crippen molar-refractivity contribution in [2.75, 3.05) is 32.8 Å². The van der Waals surface area contributed by atoms with Gasteiger partial charge in [0.05, 0.1) is 30.4 Å². The molecule has 0 aliphatic carbocycles. The van der Waals surface area contributed by atoms with E-state index in [0.29, 0.717) is 23.5 Å². The van der Waals surface area contributed by atoms with Gasteiger partial charge in [0.1, 0.15) is 5.76 Å². The number of hydrogen-bond donors (Lipinski definition) is 1. The quantitative estimate of drug-likeness (QED) is 0.705. The topological polar surface area (TPSA) is 71.8 Å². The van der Waals surface area contributed by atoms with Gasteiger partial charge in [-0.2, -0.15) is 0 Å². The molecule has 0 saturated carbocycles. The van der Waals surface area contributed by atoms with Crippen molar-refractivity contribution in [3.63, 3.8) is 0 Å². The molecule has 0 radical (unpaired) electrons. The molecular formula is C20H22N2O4S. The van der Waals surface area contributed by atoms with E-state index in [9.17, 15) is 8.42 Å². The van der Waals surface area contributed by atoms with Crippen LogP contribution in [0.4, 0.5) is 0 Å². The molecule has 1 fully saturated rings. The van der Waals surface area contributed by atoms with E-state index in [0.717, 1.165) is 24.2 Å².